The molecule has 0 saturated carbocycles. The normalized spacial score (nSPS) is 9.92. The molecule has 1 heterocycles. The van der Waals surface area contributed by atoms with Gasteiger partial charge >= 0.3 is 0 Å². The summed E-state index contributed by atoms with van der Waals surface area (Å²) in [6.45, 7) is 0.485. The molecular weight excluding hydrogens is 173 g/mol. The molecule has 0 unspecified atom stereocenters. The Hall–Kier alpha value is -1.16. The van der Waals surface area contributed by atoms with Crippen LogP contribution in [0.1, 0.15) is 0 Å². The van der Waals surface area contributed by atoms with Crippen molar-refractivity contribution in [1.29, 1.82) is 0 Å². The third kappa shape index (κ3) is 4.42. The second kappa shape index (κ2) is 6.37. The molecule has 13 heavy (non-hydrogen) atoms. The van der Waals surface area contributed by atoms with E-state index < -0.39 is 6.67 Å². The highest BCUT2D eigenvalue weighted by Gasteiger charge is 1.91. The highest BCUT2D eigenvalue weighted by Crippen LogP contribution is 2.05. The molecule has 0 aliphatic carbocycles. The Morgan fingerprint density at radius 3 is 3.00 bits per heavy atom. The number of nitrogens with zero attached hydrogens (tertiary/aromatic N) is 1. The minimum Gasteiger partial charge on any atom is -0.491 e. The zero-order valence-corrected chi connectivity index (χ0v) is 7.20. The zero-order valence-electron chi connectivity index (χ0n) is 7.20. The van der Waals surface area contributed by atoms with Crippen LogP contribution in [0.3, 0.4) is 0 Å². The molecule has 1 aromatic rings. The summed E-state index contributed by atoms with van der Waals surface area (Å²) in [5, 5.41) is 0. The molecule has 1 rings (SSSR count). The van der Waals surface area contributed by atoms with Crippen molar-refractivity contribution in [1.82, 2.24) is 4.98 Å². The fourth-order valence-corrected chi connectivity index (χ4v) is 0.768. The summed E-state index contributed by atoms with van der Waals surface area (Å²) in [5.74, 6) is 0.693. The van der Waals surface area contributed by atoms with E-state index >= 15 is 0 Å². The second-order valence-electron chi connectivity index (χ2n) is 2.27. The Labute approximate surface area is 76.5 Å². The first kappa shape index (κ1) is 9.92. The molecule has 0 atom stereocenters. The van der Waals surface area contributed by atoms with Crippen LogP contribution in [0.5, 0.6) is 5.75 Å². The Morgan fingerprint density at radius 2 is 2.31 bits per heavy atom. The fraction of sp³-hybridized carbons (Fsp3) is 0.444. The van der Waals surface area contributed by atoms with Gasteiger partial charge in [0.25, 0.3) is 0 Å². The van der Waals surface area contributed by atoms with Gasteiger partial charge in [-0.3, -0.25) is 4.98 Å². The average molecular weight is 184 g/mol. The molecule has 0 amide bonds. The van der Waals surface area contributed by atoms with Crippen LogP contribution >= 0.6 is 0 Å². The summed E-state index contributed by atoms with van der Waals surface area (Å²) in [6, 6.07) is 3.36. The van der Waals surface area contributed by atoms with E-state index in [1.807, 2.05) is 0 Å². The van der Waals surface area contributed by atoms with Crippen molar-refractivity contribution in [3.8, 4) is 5.75 Å². The van der Waals surface area contributed by atoms with E-state index in [1.165, 1.54) is 0 Å². The predicted molar refractivity (Wildman–Crippen MR) is 45.4 cm³/mol. The minimum atomic E-state index is -0.455. The summed E-state index contributed by atoms with van der Waals surface area (Å²) >= 11 is 0. The number of alkyl halides is 1. The standard InChI is InChI=1S/C9H11FNO2/c10-3-6-12-7-8-13-9-1-4-11-5-2-9/h1-2,4H,3,6-8H2. The van der Waals surface area contributed by atoms with Gasteiger partial charge in [0.1, 0.15) is 19.0 Å². The first-order valence-corrected chi connectivity index (χ1v) is 4.02. The average Bonchev–Trinajstić information content (AvgIpc) is 2.19. The van der Waals surface area contributed by atoms with E-state index in [9.17, 15) is 4.39 Å². The van der Waals surface area contributed by atoms with Gasteiger partial charge in [0, 0.05) is 12.3 Å². The van der Waals surface area contributed by atoms with Gasteiger partial charge in [-0.1, -0.05) is 0 Å². The largest absolute Gasteiger partial charge is 0.491 e. The van der Waals surface area contributed by atoms with Crippen LogP contribution < -0.4 is 4.74 Å². The number of halogens is 1. The molecule has 1 aromatic heterocycles. The van der Waals surface area contributed by atoms with Crippen molar-refractivity contribution in [2.24, 2.45) is 0 Å². The lowest BCUT2D eigenvalue weighted by molar-refractivity contribution is 0.0897. The SMILES string of the molecule is FCCOCCOc1c[c]ncc1. The number of rotatable bonds is 6. The maximum atomic E-state index is 11.6. The summed E-state index contributed by atoms with van der Waals surface area (Å²) in [6.07, 6.45) is 4.23. The molecule has 0 bridgehead atoms. The Balaban J connectivity index is 2.07. The van der Waals surface area contributed by atoms with E-state index in [4.69, 9.17) is 9.47 Å². The van der Waals surface area contributed by atoms with Gasteiger partial charge in [0.2, 0.25) is 0 Å². The first-order valence-electron chi connectivity index (χ1n) is 4.02. The molecule has 0 spiro atoms. The Bertz CT molecular complexity index is 218. The van der Waals surface area contributed by atoms with Crippen LogP contribution in [0.25, 0.3) is 0 Å². The molecule has 1 radical (unpaired) electrons. The molecule has 0 aliphatic rings. The molecular formula is C9H11FNO2. The van der Waals surface area contributed by atoms with Crippen molar-refractivity contribution >= 4 is 0 Å². The molecule has 3 nitrogen and oxygen atoms in total. The van der Waals surface area contributed by atoms with Crippen molar-refractivity contribution < 1.29 is 13.9 Å². The Kier molecular flexibility index (Phi) is 4.86. The zero-order chi connectivity index (χ0) is 9.36. The Morgan fingerprint density at radius 1 is 1.38 bits per heavy atom. The number of hydrogen-bond donors (Lipinski definition) is 0. The quantitative estimate of drug-likeness (QED) is 0.623. The minimum absolute atomic E-state index is 0.131. The number of hydrogen-bond acceptors (Lipinski definition) is 3. The number of aromatic nitrogens is 1. The van der Waals surface area contributed by atoms with E-state index in [0.29, 0.717) is 19.0 Å². The van der Waals surface area contributed by atoms with Crippen LogP contribution in [-0.2, 0) is 4.74 Å². The summed E-state index contributed by atoms with van der Waals surface area (Å²) < 4.78 is 21.7. The molecule has 4 heteroatoms. The van der Waals surface area contributed by atoms with E-state index in [2.05, 4.69) is 11.2 Å². The van der Waals surface area contributed by atoms with Gasteiger partial charge in [-0.05, 0) is 6.07 Å². The fourth-order valence-electron chi connectivity index (χ4n) is 0.768. The highest BCUT2D eigenvalue weighted by molar-refractivity contribution is 5.15. The van der Waals surface area contributed by atoms with E-state index in [0.717, 1.165) is 0 Å². The van der Waals surface area contributed by atoms with Crippen molar-refractivity contribution in [2.45, 2.75) is 0 Å². The first-order chi connectivity index (χ1) is 6.43. The maximum absolute atomic E-state index is 11.6. The van der Waals surface area contributed by atoms with Crippen LogP contribution in [0.2, 0.25) is 0 Å². The lowest BCUT2D eigenvalue weighted by Crippen LogP contribution is -2.08. The maximum Gasteiger partial charge on any atom is 0.123 e. The third-order valence-electron chi connectivity index (χ3n) is 1.31. The predicted octanol–water partition coefficient (Wildman–Crippen LogP) is 1.25. The summed E-state index contributed by atoms with van der Waals surface area (Å²) in [7, 11) is 0. The van der Waals surface area contributed by atoms with Gasteiger partial charge in [-0.25, -0.2) is 4.39 Å². The lowest BCUT2D eigenvalue weighted by Gasteiger charge is -2.04. The molecule has 0 N–H and O–H groups in total. The second-order valence-corrected chi connectivity index (χ2v) is 2.27. The van der Waals surface area contributed by atoms with Crippen molar-refractivity contribution in [2.75, 3.05) is 26.5 Å². The molecule has 71 valence electrons. The van der Waals surface area contributed by atoms with Gasteiger partial charge in [-0.15, -0.1) is 0 Å². The topological polar surface area (TPSA) is 31.4 Å². The molecule has 0 aromatic carbocycles. The van der Waals surface area contributed by atoms with Crippen LogP contribution in [-0.4, -0.2) is 31.5 Å². The monoisotopic (exact) mass is 184 g/mol. The lowest BCUT2D eigenvalue weighted by atomic mass is 10.4. The van der Waals surface area contributed by atoms with Crippen LogP contribution in [0.4, 0.5) is 4.39 Å². The summed E-state index contributed by atoms with van der Waals surface area (Å²) in [5.41, 5.74) is 0. The summed E-state index contributed by atoms with van der Waals surface area (Å²) in [4.78, 5) is 3.72. The van der Waals surface area contributed by atoms with Gasteiger partial charge in [0.05, 0.1) is 19.4 Å². The number of ether oxygens (including phenoxy) is 2. The third-order valence-corrected chi connectivity index (χ3v) is 1.31. The smallest absolute Gasteiger partial charge is 0.123 e. The number of pyridine rings is 1. The van der Waals surface area contributed by atoms with Gasteiger partial charge in [0.15, 0.2) is 0 Å². The molecule has 0 saturated heterocycles. The molecule has 0 fully saturated rings. The van der Waals surface area contributed by atoms with Crippen molar-refractivity contribution in [3.05, 3.63) is 24.5 Å². The highest BCUT2D eigenvalue weighted by atomic mass is 19.1. The van der Waals surface area contributed by atoms with E-state index in [-0.39, 0.29) is 6.61 Å². The van der Waals surface area contributed by atoms with Crippen LogP contribution in [0.15, 0.2) is 18.3 Å². The molecule has 0 aliphatic heterocycles. The van der Waals surface area contributed by atoms with E-state index in [1.54, 1.807) is 18.3 Å². The van der Waals surface area contributed by atoms with Crippen LogP contribution in [0, 0.1) is 6.20 Å². The van der Waals surface area contributed by atoms with Crippen molar-refractivity contribution in [3.63, 3.8) is 0 Å². The van der Waals surface area contributed by atoms with Gasteiger partial charge < -0.3 is 9.47 Å². The van der Waals surface area contributed by atoms with Gasteiger partial charge in [-0.2, -0.15) is 0 Å².